The van der Waals surface area contributed by atoms with Gasteiger partial charge in [0.25, 0.3) is 11.8 Å². The van der Waals surface area contributed by atoms with Crippen molar-refractivity contribution in [1.82, 2.24) is 10.1 Å². The quantitative estimate of drug-likeness (QED) is 0.787. The van der Waals surface area contributed by atoms with Gasteiger partial charge in [-0.25, -0.2) is 9.83 Å². The smallest absolute Gasteiger partial charge is 0.296 e. The number of hydroxylamine groups is 1. The molecule has 0 spiro atoms. The minimum Gasteiger partial charge on any atom is -0.332 e. The van der Waals surface area contributed by atoms with Crippen molar-refractivity contribution in [2.45, 2.75) is 13.2 Å². The Bertz CT molecular complexity index is 537. The van der Waals surface area contributed by atoms with E-state index >= 15 is 0 Å². The molecule has 86 valence electrons. The number of anilines is 1. The summed E-state index contributed by atoms with van der Waals surface area (Å²) in [6.45, 7) is 1.83. The summed E-state index contributed by atoms with van der Waals surface area (Å²) >= 11 is 0. The van der Waals surface area contributed by atoms with Crippen molar-refractivity contribution in [2.24, 2.45) is 4.99 Å². The molecule has 6 heteroatoms. The molecule has 3 rings (SSSR count). The van der Waals surface area contributed by atoms with Gasteiger partial charge in [-0.15, -0.1) is 0 Å². The van der Waals surface area contributed by atoms with Gasteiger partial charge >= 0.3 is 0 Å². The molecule has 1 atom stereocenters. The van der Waals surface area contributed by atoms with Crippen LogP contribution in [0.3, 0.4) is 0 Å². The second-order valence-corrected chi connectivity index (χ2v) is 3.56. The van der Waals surface area contributed by atoms with Crippen LogP contribution in [0.2, 0.25) is 0 Å². The van der Waals surface area contributed by atoms with Gasteiger partial charge in [0.05, 0.1) is 0 Å². The SMILES string of the molecule is CC1N=CN(c2noc(-c3ccccc3)n2)O1. The normalized spacial score (nSPS) is 18.9. The highest BCUT2D eigenvalue weighted by Crippen LogP contribution is 2.21. The summed E-state index contributed by atoms with van der Waals surface area (Å²) in [4.78, 5) is 13.6. The first kappa shape index (κ1) is 9.98. The van der Waals surface area contributed by atoms with E-state index in [1.807, 2.05) is 37.3 Å². The fraction of sp³-hybridized carbons (Fsp3) is 0.182. The van der Waals surface area contributed by atoms with Gasteiger partial charge in [-0.2, -0.15) is 10.0 Å². The van der Waals surface area contributed by atoms with Gasteiger partial charge in [-0.3, -0.25) is 0 Å². The fourth-order valence-corrected chi connectivity index (χ4v) is 1.48. The number of rotatable bonds is 2. The van der Waals surface area contributed by atoms with Crippen molar-refractivity contribution >= 4 is 12.3 Å². The van der Waals surface area contributed by atoms with E-state index in [0.717, 1.165) is 5.56 Å². The highest BCUT2D eigenvalue weighted by atomic mass is 16.7. The number of hydrogen-bond donors (Lipinski definition) is 0. The maximum atomic E-state index is 5.32. The lowest BCUT2D eigenvalue weighted by Crippen LogP contribution is -2.19. The average Bonchev–Trinajstić information content (AvgIpc) is 2.98. The topological polar surface area (TPSA) is 63.8 Å². The number of benzene rings is 1. The molecule has 1 aromatic heterocycles. The molecule has 0 N–H and O–H groups in total. The molecule has 2 heterocycles. The van der Waals surface area contributed by atoms with Crippen LogP contribution < -0.4 is 5.06 Å². The lowest BCUT2D eigenvalue weighted by Gasteiger charge is -2.07. The largest absolute Gasteiger partial charge is 0.332 e. The van der Waals surface area contributed by atoms with E-state index in [2.05, 4.69) is 15.1 Å². The Morgan fingerprint density at radius 1 is 1.24 bits per heavy atom. The Labute approximate surface area is 97.5 Å². The Morgan fingerprint density at radius 2 is 2.06 bits per heavy atom. The van der Waals surface area contributed by atoms with Crippen LogP contribution in [0.4, 0.5) is 5.95 Å². The molecule has 1 aliphatic heterocycles. The molecule has 0 saturated heterocycles. The predicted octanol–water partition coefficient (Wildman–Crippen LogP) is 1.86. The monoisotopic (exact) mass is 230 g/mol. The van der Waals surface area contributed by atoms with E-state index < -0.39 is 0 Å². The van der Waals surface area contributed by atoms with Gasteiger partial charge in [-0.05, 0) is 24.2 Å². The van der Waals surface area contributed by atoms with Crippen LogP contribution in [0, 0.1) is 0 Å². The van der Waals surface area contributed by atoms with Gasteiger partial charge in [0.15, 0.2) is 6.23 Å². The van der Waals surface area contributed by atoms with Crippen LogP contribution in [-0.2, 0) is 4.84 Å². The summed E-state index contributed by atoms with van der Waals surface area (Å²) in [5.41, 5.74) is 0.871. The van der Waals surface area contributed by atoms with Gasteiger partial charge in [-0.1, -0.05) is 18.2 Å². The summed E-state index contributed by atoms with van der Waals surface area (Å²) in [5.74, 6) is 0.800. The van der Waals surface area contributed by atoms with Crippen molar-refractivity contribution in [2.75, 3.05) is 5.06 Å². The van der Waals surface area contributed by atoms with Gasteiger partial charge < -0.3 is 4.52 Å². The average molecular weight is 230 g/mol. The standard InChI is InChI=1S/C11H10N4O2/c1-8-12-7-15(17-8)11-13-10(16-14-11)9-5-3-2-4-6-9/h2-8H,1H3. The third-order valence-corrected chi connectivity index (χ3v) is 2.28. The van der Waals surface area contributed by atoms with Crippen molar-refractivity contribution in [3.05, 3.63) is 30.3 Å². The van der Waals surface area contributed by atoms with E-state index in [4.69, 9.17) is 9.36 Å². The molecule has 17 heavy (non-hydrogen) atoms. The molecular formula is C11H10N4O2. The molecule has 0 radical (unpaired) electrons. The Kier molecular flexibility index (Phi) is 2.34. The third kappa shape index (κ3) is 1.90. The van der Waals surface area contributed by atoms with Gasteiger partial charge in [0.2, 0.25) is 0 Å². The van der Waals surface area contributed by atoms with E-state index in [9.17, 15) is 0 Å². The first-order valence-corrected chi connectivity index (χ1v) is 5.21. The molecule has 1 unspecified atom stereocenters. The highest BCUT2D eigenvalue weighted by Gasteiger charge is 2.20. The van der Waals surface area contributed by atoms with E-state index in [-0.39, 0.29) is 6.23 Å². The molecular weight excluding hydrogens is 220 g/mol. The van der Waals surface area contributed by atoms with Crippen LogP contribution in [0.25, 0.3) is 11.5 Å². The molecule has 0 saturated carbocycles. The minimum atomic E-state index is -0.214. The van der Waals surface area contributed by atoms with Gasteiger partial charge in [0, 0.05) is 5.56 Å². The summed E-state index contributed by atoms with van der Waals surface area (Å²) in [6, 6.07) is 9.56. The van der Waals surface area contributed by atoms with Crippen LogP contribution in [0.5, 0.6) is 0 Å². The number of aliphatic imine (C=N–C) groups is 1. The Balaban J connectivity index is 1.86. The highest BCUT2D eigenvalue weighted by molar-refractivity contribution is 5.74. The first-order chi connectivity index (χ1) is 8.33. The molecule has 2 aromatic rings. The lowest BCUT2D eigenvalue weighted by molar-refractivity contribution is 0.0976. The van der Waals surface area contributed by atoms with Crippen LogP contribution >= 0.6 is 0 Å². The van der Waals surface area contributed by atoms with Crippen LogP contribution in [0.1, 0.15) is 6.92 Å². The fourth-order valence-electron chi connectivity index (χ4n) is 1.48. The summed E-state index contributed by atoms with van der Waals surface area (Å²) in [5, 5.41) is 5.22. The minimum absolute atomic E-state index is 0.214. The number of hydrogen-bond acceptors (Lipinski definition) is 6. The molecule has 0 amide bonds. The lowest BCUT2D eigenvalue weighted by atomic mass is 10.2. The van der Waals surface area contributed by atoms with Gasteiger partial charge in [0.1, 0.15) is 6.34 Å². The zero-order chi connectivity index (χ0) is 11.7. The molecule has 1 aliphatic rings. The Hall–Kier alpha value is -2.21. The van der Waals surface area contributed by atoms with E-state index in [0.29, 0.717) is 11.8 Å². The summed E-state index contributed by atoms with van der Waals surface area (Å²) in [7, 11) is 0. The second kappa shape index (κ2) is 3.99. The molecule has 0 bridgehead atoms. The van der Waals surface area contributed by atoms with Crippen LogP contribution in [0.15, 0.2) is 39.8 Å². The maximum Gasteiger partial charge on any atom is 0.296 e. The van der Waals surface area contributed by atoms with Crippen molar-refractivity contribution in [3.8, 4) is 11.5 Å². The summed E-state index contributed by atoms with van der Waals surface area (Å²) in [6.07, 6.45) is 1.32. The van der Waals surface area contributed by atoms with Crippen LogP contribution in [-0.4, -0.2) is 22.7 Å². The van der Waals surface area contributed by atoms with E-state index in [1.54, 1.807) is 0 Å². The zero-order valence-electron chi connectivity index (χ0n) is 9.15. The number of aromatic nitrogens is 2. The second-order valence-electron chi connectivity index (χ2n) is 3.56. The van der Waals surface area contributed by atoms with Crippen molar-refractivity contribution < 1.29 is 9.36 Å². The third-order valence-electron chi connectivity index (χ3n) is 2.28. The summed E-state index contributed by atoms with van der Waals surface area (Å²) < 4.78 is 5.15. The molecule has 1 aromatic carbocycles. The van der Waals surface area contributed by atoms with E-state index in [1.165, 1.54) is 11.4 Å². The molecule has 0 fully saturated rings. The maximum absolute atomic E-state index is 5.32. The number of nitrogens with zero attached hydrogens (tertiary/aromatic N) is 4. The predicted molar refractivity (Wildman–Crippen MR) is 61.3 cm³/mol. The molecule has 6 nitrogen and oxygen atoms in total. The van der Waals surface area contributed by atoms with Crippen molar-refractivity contribution in [3.63, 3.8) is 0 Å². The zero-order valence-corrected chi connectivity index (χ0v) is 9.15. The Morgan fingerprint density at radius 3 is 2.76 bits per heavy atom. The first-order valence-electron chi connectivity index (χ1n) is 5.21. The van der Waals surface area contributed by atoms with Crippen molar-refractivity contribution in [1.29, 1.82) is 0 Å². The molecule has 0 aliphatic carbocycles.